The van der Waals surface area contributed by atoms with Gasteiger partial charge in [-0.25, -0.2) is 0 Å². The number of benzene rings is 1. The van der Waals surface area contributed by atoms with Gasteiger partial charge in [0.25, 0.3) is 0 Å². The van der Waals surface area contributed by atoms with Crippen molar-refractivity contribution in [1.82, 2.24) is 0 Å². The smallest absolute Gasteiger partial charge is 0.117 e. The van der Waals surface area contributed by atoms with Crippen molar-refractivity contribution in [3.8, 4) is 0 Å². The Hall–Kier alpha value is -1.44. The lowest BCUT2D eigenvalue weighted by Gasteiger charge is -2.23. The number of rotatable bonds is 2. The minimum atomic E-state index is 0.408. The van der Waals surface area contributed by atoms with E-state index in [1.807, 2.05) is 0 Å². The summed E-state index contributed by atoms with van der Waals surface area (Å²) >= 11 is 0. The van der Waals surface area contributed by atoms with Crippen molar-refractivity contribution in [1.29, 1.82) is 0 Å². The number of anilines is 1. The predicted molar refractivity (Wildman–Crippen MR) is 97.1 cm³/mol. The van der Waals surface area contributed by atoms with Gasteiger partial charge in [-0.2, -0.15) is 0 Å². The van der Waals surface area contributed by atoms with Gasteiger partial charge in [0.2, 0.25) is 0 Å². The molecule has 2 aliphatic rings. The third kappa shape index (κ3) is 2.33. The Labute approximate surface area is 136 Å². The highest BCUT2D eigenvalue weighted by atomic mass is 14.9. The number of hydrogen-bond donors (Lipinski definition) is 1. The van der Waals surface area contributed by atoms with Gasteiger partial charge in [0.1, 0.15) is 7.85 Å². The molecule has 2 heteroatoms. The summed E-state index contributed by atoms with van der Waals surface area (Å²) in [4.78, 5) is 0. The molecule has 0 spiro atoms. The van der Waals surface area contributed by atoms with Crippen molar-refractivity contribution in [2.24, 2.45) is 5.41 Å². The van der Waals surface area contributed by atoms with Gasteiger partial charge in [0, 0.05) is 11.4 Å². The SMILES string of the molecule is [B]c1c(C)c(C)c(C)c(C)c1NC1=CCC2=C1CC(C)(C)C2. The van der Waals surface area contributed by atoms with Crippen molar-refractivity contribution in [3.05, 3.63) is 45.2 Å². The van der Waals surface area contributed by atoms with Crippen LogP contribution < -0.4 is 10.8 Å². The first-order valence-electron chi connectivity index (χ1n) is 8.25. The summed E-state index contributed by atoms with van der Waals surface area (Å²) in [5.74, 6) is 0. The maximum Gasteiger partial charge on any atom is 0.117 e. The Morgan fingerprint density at radius 1 is 0.955 bits per heavy atom. The van der Waals surface area contributed by atoms with Gasteiger partial charge < -0.3 is 5.32 Å². The van der Waals surface area contributed by atoms with Gasteiger partial charge >= 0.3 is 0 Å². The zero-order chi connectivity index (χ0) is 16.2. The van der Waals surface area contributed by atoms with Gasteiger partial charge in [0.05, 0.1) is 0 Å². The summed E-state index contributed by atoms with van der Waals surface area (Å²) in [6, 6.07) is 0. The molecule has 0 saturated heterocycles. The highest BCUT2D eigenvalue weighted by Gasteiger charge is 2.34. The second-order valence-corrected chi connectivity index (χ2v) is 7.84. The van der Waals surface area contributed by atoms with Crippen LogP contribution in [0.3, 0.4) is 0 Å². The van der Waals surface area contributed by atoms with Crippen LogP contribution in [0, 0.1) is 33.1 Å². The minimum Gasteiger partial charge on any atom is -0.356 e. The molecule has 1 aromatic carbocycles. The number of nitrogens with one attached hydrogen (secondary N) is 1. The van der Waals surface area contributed by atoms with Crippen LogP contribution >= 0.6 is 0 Å². The second kappa shape index (κ2) is 5.04. The number of allylic oxidation sites excluding steroid dienone is 3. The van der Waals surface area contributed by atoms with E-state index in [0.717, 1.165) is 17.6 Å². The third-order valence-corrected chi connectivity index (χ3v) is 5.65. The van der Waals surface area contributed by atoms with E-state index in [4.69, 9.17) is 7.85 Å². The fourth-order valence-electron chi connectivity index (χ4n) is 3.94. The van der Waals surface area contributed by atoms with Crippen LogP contribution in [0.4, 0.5) is 5.69 Å². The topological polar surface area (TPSA) is 12.0 Å². The van der Waals surface area contributed by atoms with Gasteiger partial charge in [-0.3, -0.25) is 0 Å². The van der Waals surface area contributed by atoms with Crippen LogP contribution in [0.2, 0.25) is 0 Å². The van der Waals surface area contributed by atoms with E-state index in [1.165, 1.54) is 46.4 Å². The van der Waals surface area contributed by atoms with E-state index < -0.39 is 0 Å². The van der Waals surface area contributed by atoms with Crippen LogP contribution in [-0.4, -0.2) is 7.85 Å². The molecule has 1 aromatic rings. The Balaban J connectivity index is 1.96. The Morgan fingerprint density at radius 3 is 2.27 bits per heavy atom. The predicted octanol–water partition coefficient (Wildman–Crippen LogP) is 4.53. The van der Waals surface area contributed by atoms with Crippen LogP contribution in [0.5, 0.6) is 0 Å². The van der Waals surface area contributed by atoms with E-state index in [9.17, 15) is 0 Å². The van der Waals surface area contributed by atoms with E-state index in [2.05, 4.69) is 52.9 Å². The fraction of sp³-hybridized carbons (Fsp3) is 0.500. The highest BCUT2D eigenvalue weighted by molar-refractivity contribution is 6.37. The third-order valence-electron chi connectivity index (χ3n) is 5.65. The fourth-order valence-corrected chi connectivity index (χ4v) is 3.94. The average Bonchev–Trinajstić information content (AvgIpc) is 2.95. The lowest BCUT2D eigenvalue weighted by Crippen LogP contribution is -2.20. The van der Waals surface area contributed by atoms with Crippen LogP contribution in [-0.2, 0) is 0 Å². The van der Waals surface area contributed by atoms with E-state index in [0.29, 0.717) is 5.41 Å². The maximum atomic E-state index is 6.42. The normalized spacial score (nSPS) is 19.5. The summed E-state index contributed by atoms with van der Waals surface area (Å²) in [5, 5.41) is 3.67. The molecule has 0 aliphatic heterocycles. The molecule has 2 radical (unpaired) electrons. The first-order chi connectivity index (χ1) is 10.2. The van der Waals surface area contributed by atoms with Crippen LogP contribution in [0.1, 0.15) is 55.4 Å². The molecule has 0 amide bonds. The van der Waals surface area contributed by atoms with E-state index in [1.54, 1.807) is 5.57 Å². The Bertz CT molecular complexity index is 691. The molecule has 0 fully saturated rings. The van der Waals surface area contributed by atoms with Gasteiger partial charge in [-0.15, -0.1) is 0 Å². The Kier molecular flexibility index (Phi) is 3.54. The highest BCUT2D eigenvalue weighted by Crippen LogP contribution is 2.48. The molecular weight excluding hydrogens is 265 g/mol. The van der Waals surface area contributed by atoms with Crippen LogP contribution in [0.25, 0.3) is 0 Å². The molecule has 114 valence electrons. The van der Waals surface area contributed by atoms with E-state index >= 15 is 0 Å². The molecule has 0 bridgehead atoms. The zero-order valence-corrected chi connectivity index (χ0v) is 14.8. The van der Waals surface area contributed by atoms with Crippen molar-refractivity contribution in [2.45, 2.75) is 60.8 Å². The van der Waals surface area contributed by atoms with Crippen molar-refractivity contribution in [3.63, 3.8) is 0 Å². The molecule has 2 aliphatic carbocycles. The summed E-state index contributed by atoms with van der Waals surface area (Å²) < 4.78 is 0. The van der Waals surface area contributed by atoms with Gasteiger partial charge in [-0.1, -0.05) is 36.5 Å². The molecule has 1 N–H and O–H groups in total. The summed E-state index contributed by atoms with van der Waals surface area (Å²) in [7, 11) is 6.42. The lowest BCUT2D eigenvalue weighted by atomic mass is 9.82. The standard InChI is InChI=1S/C20H26BN/c1-11-12(2)14(4)19(18(21)13(11)3)22-17-8-7-15-9-20(5,6)10-16(15)17/h8,22H,7,9-10H2,1-6H3. The molecule has 22 heavy (non-hydrogen) atoms. The van der Waals surface area contributed by atoms with Gasteiger partial charge in [0.15, 0.2) is 0 Å². The Morgan fingerprint density at radius 2 is 1.59 bits per heavy atom. The zero-order valence-electron chi connectivity index (χ0n) is 14.8. The summed E-state index contributed by atoms with van der Waals surface area (Å²) in [5.41, 5.74) is 12.0. The molecule has 1 nitrogen and oxygen atoms in total. The summed E-state index contributed by atoms with van der Waals surface area (Å²) in [6.07, 6.45) is 5.83. The second-order valence-electron chi connectivity index (χ2n) is 7.84. The van der Waals surface area contributed by atoms with Crippen molar-refractivity contribution in [2.75, 3.05) is 5.32 Å². The van der Waals surface area contributed by atoms with Crippen LogP contribution in [0.15, 0.2) is 22.9 Å². The molecular formula is C20H26BN. The van der Waals surface area contributed by atoms with Crippen molar-refractivity contribution >= 4 is 19.0 Å². The molecule has 0 unspecified atom stereocenters. The average molecular weight is 291 g/mol. The van der Waals surface area contributed by atoms with E-state index in [-0.39, 0.29) is 0 Å². The first-order valence-corrected chi connectivity index (χ1v) is 8.25. The molecule has 0 heterocycles. The maximum absolute atomic E-state index is 6.42. The largest absolute Gasteiger partial charge is 0.356 e. The number of hydrogen-bond acceptors (Lipinski definition) is 1. The molecule has 3 rings (SSSR count). The quantitative estimate of drug-likeness (QED) is 0.789. The summed E-state index contributed by atoms with van der Waals surface area (Å²) in [6.45, 7) is 13.4. The molecule has 0 atom stereocenters. The lowest BCUT2D eigenvalue weighted by molar-refractivity contribution is 0.387. The van der Waals surface area contributed by atoms with Crippen molar-refractivity contribution < 1.29 is 0 Å². The molecule has 0 saturated carbocycles. The van der Waals surface area contributed by atoms with Gasteiger partial charge in [-0.05, 0) is 74.6 Å². The minimum absolute atomic E-state index is 0.408. The monoisotopic (exact) mass is 291 g/mol. The molecule has 0 aromatic heterocycles. The first kappa shape index (κ1) is 15.5.